The quantitative estimate of drug-likeness (QED) is 0.128. The van der Waals surface area contributed by atoms with E-state index in [1.54, 1.807) is 12.1 Å². The second-order valence-electron chi connectivity index (χ2n) is 8.16. The van der Waals surface area contributed by atoms with Gasteiger partial charge < -0.3 is 9.47 Å². The van der Waals surface area contributed by atoms with Crippen molar-refractivity contribution in [1.82, 2.24) is 5.32 Å². The Hall–Kier alpha value is -2.76. The fourth-order valence-electron chi connectivity index (χ4n) is 3.75. The predicted octanol–water partition coefficient (Wildman–Crippen LogP) is 6.43. The number of carbonyl (C=O) groups is 2. The molecule has 0 aromatic heterocycles. The minimum Gasteiger partial charge on any atom is -0.490 e. The molecule has 190 valence electrons. The summed E-state index contributed by atoms with van der Waals surface area (Å²) in [6.07, 6.45) is 2.43. The second-order valence-corrected chi connectivity index (χ2v) is 10.6. The molecule has 0 saturated carbocycles. The van der Waals surface area contributed by atoms with Gasteiger partial charge in [0.05, 0.1) is 15.9 Å². The Morgan fingerprint density at radius 3 is 2.32 bits per heavy atom. The maximum Gasteiger partial charge on any atom is 0.270 e. The van der Waals surface area contributed by atoms with Crippen molar-refractivity contribution in [1.29, 1.82) is 0 Å². The van der Waals surface area contributed by atoms with Crippen LogP contribution in [0, 0.1) is 3.57 Å². The van der Waals surface area contributed by atoms with Gasteiger partial charge in [-0.25, -0.2) is 0 Å². The Morgan fingerprint density at radius 1 is 1.00 bits per heavy atom. The zero-order valence-electron chi connectivity index (χ0n) is 20.2. The number of hydrogen-bond acceptors (Lipinski definition) is 5. The highest BCUT2D eigenvalue weighted by Crippen LogP contribution is 2.36. The van der Waals surface area contributed by atoms with Crippen LogP contribution < -0.4 is 19.7 Å². The summed E-state index contributed by atoms with van der Waals surface area (Å²) in [5.74, 6) is 0.108. The van der Waals surface area contributed by atoms with Crippen molar-refractivity contribution in [2.45, 2.75) is 26.9 Å². The molecular formula is C28H24BrIN2O4S. The molecule has 0 aliphatic carbocycles. The van der Waals surface area contributed by atoms with Crippen molar-refractivity contribution < 1.29 is 19.1 Å². The highest BCUT2D eigenvalue weighted by atomic mass is 127. The number of thiocarbonyl (C=S) groups is 1. The van der Waals surface area contributed by atoms with Gasteiger partial charge in [-0.1, -0.05) is 47.1 Å². The van der Waals surface area contributed by atoms with E-state index in [1.807, 2.05) is 61.5 Å². The summed E-state index contributed by atoms with van der Waals surface area (Å²) in [6.45, 7) is 4.74. The maximum atomic E-state index is 13.4. The minimum absolute atomic E-state index is 0.0186. The fraction of sp³-hybridized carbons (Fsp3) is 0.179. The van der Waals surface area contributed by atoms with Crippen LogP contribution in [0.25, 0.3) is 6.08 Å². The molecule has 1 aliphatic heterocycles. The van der Waals surface area contributed by atoms with Crippen molar-refractivity contribution in [2.24, 2.45) is 0 Å². The number of rotatable bonds is 8. The van der Waals surface area contributed by atoms with Crippen LogP contribution in [0.2, 0.25) is 0 Å². The fourth-order valence-corrected chi connectivity index (χ4v) is 5.08. The van der Waals surface area contributed by atoms with Gasteiger partial charge in [0, 0.05) is 4.47 Å². The van der Waals surface area contributed by atoms with E-state index < -0.39 is 11.8 Å². The molecule has 9 heteroatoms. The third-order valence-electron chi connectivity index (χ3n) is 5.64. The maximum absolute atomic E-state index is 13.4. The van der Waals surface area contributed by atoms with E-state index in [9.17, 15) is 9.59 Å². The zero-order chi connectivity index (χ0) is 26.5. The molecule has 3 aromatic carbocycles. The first-order valence-corrected chi connectivity index (χ1v) is 13.9. The Bertz CT molecular complexity index is 1370. The van der Waals surface area contributed by atoms with Gasteiger partial charge in [-0.05, 0) is 107 Å². The minimum atomic E-state index is -0.542. The van der Waals surface area contributed by atoms with Crippen LogP contribution in [0.15, 0.2) is 70.7 Å². The summed E-state index contributed by atoms with van der Waals surface area (Å²) in [4.78, 5) is 27.5. The topological polar surface area (TPSA) is 67.9 Å². The van der Waals surface area contributed by atoms with Crippen molar-refractivity contribution >= 4 is 79.4 Å². The molecule has 2 amide bonds. The molecule has 0 spiro atoms. The number of nitrogens with one attached hydrogen (secondary N) is 1. The monoisotopic (exact) mass is 690 g/mol. The van der Waals surface area contributed by atoms with Crippen molar-refractivity contribution in [3.05, 3.63) is 91.0 Å². The summed E-state index contributed by atoms with van der Waals surface area (Å²) < 4.78 is 13.7. The summed E-state index contributed by atoms with van der Waals surface area (Å²) in [7, 11) is 0. The lowest BCUT2D eigenvalue weighted by Gasteiger charge is -2.29. The summed E-state index contributed by atoms with van der Waals surface area (Å²) >= 11 is 10.9. The van der Waals surface area contributed by atoms with E-state index in [-0.39, 0.29) is 10.7 Å². The molecule has 1 fully saturated rings. The SMILES string of the molecule is CCOc1cc(/C=C2\C(=O)NC(=S)N(c3ccc(CC)cc3)C2=O)cc(I)c1OCc1ccc(Br)cc1. The zero-order valence-corrected chi connectivity index (χ0v) is 24.8. The van der Waals surface area contributed by atoms with Gasteiger partial charge in [-0.15, -0.1) is 0 Å². The Balaban J connectivity index is 1.64. The average molecular weight is 691 g/mol. The van der Waals surface area contributed by atoms with E-state index in [2.05, 4.69) is 50.8 Å². The molecule has 0 radical (unpaired) electrons. The number of carbonyl (C=O) groups excluding carboxylic acids is 2. The number of aryl methyl sites for hydroxylation is 1. The van der Waals surface area contributed by atoms with Crippen LogP contribution in [0.5, 0.6) is 11.5 Å². The van der Waals surface area contributed by atoms with E-state index in [4.69, 9.17) is 21.7 Å². The highest BCUT2D eigenvalue weighted by Gasteiger charge is 2.34. The van der Waals surface area contributed by atoms with Crippen molar-refractivity contribution in [2.75, 3.05) is 11.5 Å². The normalized spacial score (nSPS) is 14.6. The average Bonchev–Trinajstić information content (AvgIpc) is 2.87. The number of hydrogen-bond donors (Lipinski definition) is 1. The van der Waals surface area contributed by atoms with Crippen LogP contribution in [0.4, 0.5) is 5.69 Å². The van der Waals surface area contributed by atoms with Gasteiger partial charge in [-0.2, -0.15) is 0 Å². The van der Waals surface area contributed by atoms with Crippen LogP contribution in [-0.2, 0) is 22.6 Å². The van der Waals surface area contributed by atoms with Gasteiger partial charge in [0.2, 0.25) is 0 Å². The molecule has 4 rings (SSSR count). The molecule has 6 nitrogen and oxygen atoms in total. The Morgan fingerprint density at radius 2 is 1.68 bits per heavy atom. The molecule has 1 heterocycles. The molecule has 0 bridgehead atoms. The molecular weight excluding hydrogens is 667 g/mol. The summed E-state index contributed by atoms with van der Waals surface area (Å²) in [5, 5.41) is 2.69. The van der Waals surface area contributed by atoms with E-state index in [0.717, 1.165) is 25.6 Å². The Labute approximate surface area is 243 Å². The number of benzene rings is 3. The molecule has 1 N–H and O–H groups in total. The van der Waals surface area contributed by atoms with E-state index >= 15 is 0 Å². The summed E-state index contributed by atoms with van der Waals surface area (Å²) in [5.41, 5.74) is 3.37. The van der Waals surface area contributed by atoms with E-state index in [0.29, 0.717) is 36.0 Å². The number of halogens is 2. The number of ether oxygens (including phenoxy) is 2. The standard InChI is InChI=1S/C28H24BrIN2O4S/c1-3-17-7-11-21(12-8-17)32-27(34)22(26(33)31-28(32)37)13-19-14-23(30)25(24(15-19)35-4-2)36-16-18-5-9-20(29)10-6-18/h5-15H,3-4,16H2,1-2H3,(H,31,33,37)/b22-13+. The van der Waals surface area contributed by atoms with Crippen LogP contribution in [-0.4, -0.2) is 23.5 Å². The lowest BCUT2D eigenvalue weighted by atomic mass is 10.1. The van der Waals surface area contributed by atoms with Crippen molar-refractivity contribution in [3.63, 3.8) is 0 Å². The first-order valence-electron chi connectivity index (χ1n) is 11.6. The first-order chi connectivity index (χ1) is 17.8. The third-order valence-corrected chi connectivity index (χ3v) is 7.26. The molecule has 1 saturated heterocycles. The van der Waals surface area contributed by atoms with Crippen molar-refractivity contribution in [3.8, 4) is 11.5 Å². The smallest absolute Gasteiger partial charge is 0.270 e. The number of anilines is 1. The molecule has 1 aliphatic rings. The van der Waals surface area contributed by atoms with Gasteiger partial charge in [0.1, 0.15) is 12.2 Å². The van der Waals surface area contributed by atoms with Crippen LogP contribution in [0.3, 0.4) is 0 Å². The van der Waals surface area contributed by atoms with Gasteiger partial charge in [0.25, 0.3) is 11.8 Å². The first kappa shape index (κ1) is 27.3. The molecule has 0 atom stereocenters. The predicted molar refractivity (Wildman–Crippen MR) is 161 cm³/mol. The largest absolute Gasteiger partial charge is 0.490 e. The summed E-state index contributed by atoms with van der Waals surface area (Å²) in [6, 6.07) is 19.0. The van der Waals surface area contributed by atoms with E-state index in [1.165, 1.54) is 4.90 Å². The lowest BCUT2D eigenvalue weighted by molar-refractivity contribution is -0.122. The number of amides is 2. The Kier molecular flexibility index (Phi) is 8.99. The molecule has 0 unspecified atom stereocenters. The van der Waals surface area contributed by atoms with Gasteiger partial charge in [-0.3, -0.25) is 19.8 Å². The van der Waals surface area contributed by atoms with Gasteiger partial charge >= 0.3 is 0 Å². The third kappa shape index (κ3) is 6.39. The van der Waals surface area contributed by atoms with Crippen LogP contribution >= 0.6 is 50.7 Å². The lowest BCUT2D eigenvalue weighted by Crippen LogP contribution is -2.54. The number of nitrogens with zero attached hydrogens (tertiary/aromatic N) is 1. The molecule has 3 aromatic rings. The molecule has 37 heavy (non-hydrogen) atoms. The second kappa shape index (κ2) is 12.2. The highest BCUT2D eigenvalue weighted by molar-refractivity contribution is 14.1. The van der Waals surface area contributed by atoms with Gasteiger partial charge in [0.15, 0.2) is 16.6 Å². The van der Waals surface area contributed by atoms with Crippen LogP contribution in [0.1, 0.15) is 30.5 Å².